The van der Waals surface area contributed by atoms with E-state index in [2.05, 4.69) is 30.8 Å². The number of fused-ring (bicyclic) bond motifs is 2. The van der Waals surface area contributed by atoms with E-state index >= 15 is 0 Å². The second-order valence-corrected chi connectivity index (χ2v) is 7.77. The SMILES string of the molecule is CC.CC(=O)NC1CCC1.CNc1nc(N)nn2ccc(-c3ccn4ncc(CC(F)F)c4n3)c12. The summed E-state index contributed by atoms with van der Waals surface area (Å²) in [5, 5.41) is 14.0. The first-order valence-corrected chi connectivity index (χ1v) is 11.6. The van der Waals surface area contributed by atoms with Crippen LogP contribution in [0, 0.1) is 0 Å². The maximum atomic E-state index is 12.7. The van der Waals surface area contributed by atoms with Crippen molar-refractivity contribution in [2.45, 2.75) is 58.9 Å². The molecule has 0 spiro atoms. The zero-order valence-corrected chi connectivity index (χ0v) is 20.3. The van der Waals surface area contributed by atoms with Crippen LogP contribution in [0.4, 0.5) is 20.5 Å². The van der Waals surface area contributed by atoms with Gasteiger partial charge >= 0.3 is 0 Å². The lowest BCUT2D eigenvalue weighted by Crippen LogP contribution is -2.37. The van der Waals surface area contributed by atoms with Crippen LogP contribution in [0.3, 0.4) is 0 Å². The van der Waals surface area contributed by atoms with Crippen molar-refractivity contribution in [1.82, 2.24) is 34.5 Å². The third-order valence-electron chi connectivity index (χ3n) is 5.37. The Balaban J connectivity index is 0.000000289. The summed E-state index contributed by atoms with van der Waals surface area (Å²) in [5.41, 5.74) is 8.56. The molecule has 4 aromatic heterocycles. The van der Waals surface area contributed by atoms with Crippen LogP contribution >= 0.6 is 0 Å². The Labute approximate surface area is 201 Å². The van der Waals surface area contributed by atoms with Gasteiger partial charge in [-0.1, -0.05) is 13.8 Å². The lowest BCUT2D eigenvalue weighted by atomic mass is 9.93. The van der Waals surface area contributed by atoms with Crippen LogP contribution in [-0.4, -0.2) is 54.6 Å². The Morgan fingerprint density at radius 1 is 1.20 bits per heavy atom. The summed E-state index contributed by atoms with van der Waals surface area (Å²) in [4.78, 5) is 19.0. The van der Waals surface area contributed by atoms with E-state index in [4.69, 9.17) is 5.73 Å². The Kier molecular flexibility index (Phi) is 8.50. The molecule has 0 saturated heterocycles. The maximum Gasteiger partial charge on any atom is 0.242 e. The van der Waals surface area contributed by atoms with Gasteiger partial charge in [-0.25, -0.2) is 22.8 Å². The van der Waals surface area contributed by atoms with Crippen LogP contribution in [0.5, 0.6) is 0 Å². The molecule has 35 heavy (non-hydrogen) atoms. The molecule has 0 aliphatic heterocycles. The minimum absolute atomic E-state index is 0.106. The molecule has 188 valence electrons. The third-order valence-corrected chi connectivity index (χ3v) is 5.37. The van der Waals surface area contributed by atoms with E-state index in [1.807, 2.05) is 19.9 Å². The van der Waals surface area contributed by atoms with E-state index in [1.165, 1.54) is 30.0 Å². The maximum absolute atomic E-state index is 12.7. The van der Waals surface area contributed by atoms with Gasteiger partial charge in [-0.3, -0.25) is 4.79 Å². The summed E-state index contributed by atoms with van der Waals surface area (Å²) in [5.74, 6) is 0.794. The molecule has 4 aromatic rings. The topological polar surface area (TPSA) is 128 Å². The highest BCUT2D eigenvalue weighted by Crippen LogP contribution is 2.29. The molecule has 0 bridgehead atoms. The number of nitrogens with two attached hydrogens (primary N) is 1. The molecule has 1 aliphatic carbocycles. The summed E-state index contributed by atoms with van der Waals surface area (Å²) < 4.78 is 28.6. The summed E-state index contributed by atoms with van der Waals surface area (Å²) in [6.07, 6.45) is 5.64. The van der Waals surface area contributed by atoms with Crippen molar-refractivity contribution in [2.24, 2.45) is 0 Å². The molecule has 10 nitrogen and oxygen atoms in total. The predicted molar refractivity (Wildman–Crippen MR) is 131 cm³/mol. The monoisotopic (exact) mass is 487 g/mol. The zero-order chi connectivity index (χ0) is 25.5. The summed E-state index contributed by atoms with van der Waals surface area (Å²) >= 11 is 0. The second-order valence-electron chi connectivity index (χ2n) is 7.77. The quantitative estimate of drug-likeness (QED) is 0.393. The van der Waals surface area contributed by atoms with Crippen molar-refractivity contribution >= 4 is 28.8 Å². The second kappa shape index (κ2) is 11.5. The molecule has 4 heterocycles. The van der Waals surface area contributed by atoms with Crippen LogP contribution in [0.1, 0.15) is 45.6 Å². The van der Waals surface area contributed by atoms with E-state index < -0.39 is 12.8 Å². The first-order valence-electron chi connectivity index (χ1n) is 11.6. The van der Waals surface area contributed by atoms with Gasteiger partial charge in [0.1, 0.15) is 5.52 Å². The fourth-order valence-electron chi connectivity index (χ4n) is 3.64. The van der Waals surface area contributed by atoms with Crippen molar-refractivity contribution < 1.29 is 13.6 Å². The van der Waals surface area contributed by atoms with Crippen LogP contribution < -0.4 is 16.4 Å². The Morgan fingerprint density at radius 3 is 2.49 bits per heavy atom. The largest absolute Gasteiger partial charge is 0.371 e. The molecular formula is C23H31F2N9O. The van der Waals surface area contributed by atoms with Crippen molar-refractivity contribution in [3.8, 4) is 11.3 Å². The number of amides is 1. The van der Waals surface area contributed by atoms with Crippen LogP contribution in [0.2, 0.25) is 0 Å². The lowest BCUT2D eigenvalue weighted by molar-refractivity contribution is -0.120. The number of nitrogen functional groups attached to an aromatic ring is 1. The molecule has 1 fully saturated rings. The van der Waals surface area contributed by atoms with E-state index in [0.717, 1.165) is 5.56 Å². The Bertz CT molecular complexity index is 1280. The van der Waals surface area contributed by atoms with E-state index in [-0.39, 0.29) is 11.9 Å². The van der Waals surface area contributed by atoms with Crippen molar-refractivity contribution in [1.29, 1.82) is 0 Å². The van der Waals surface area contributed by atoms with Crippen molar-refractivity contribution in [3.63, 3.8) is 0 Å². The van der Waals surface area contributed by atoms with Gasteiger partial charge < -0.3 is 16.4 Å². The predicted octanol–water partition coefficient (Wildman–Crippen LogP) is 3.57. The smallest absolute Gasteiger partial charge is 0.242 e. The fourth-order valence-corrected chi connectivity index (χ4v) is 3.64. The first-order chi connectivity index (χ1) is 16.9. The number of halogens is 2. The minimum Gasteiger partial charge on any atom is -0.371 e. The number of rotatable bonds is 5. The molecule has 0 aromatic carbocycles. The molecule has 1 aliphatic rings. The molecule has 0 atom stereocenters. The first kappa shape index (κ1) is 25.8. The van der Waals surface area contributed by atoms with Gasteiger partial charge in [0.15, 0.2) is 11.5 Å². The highest BCUT2D eigenvalue weighted by molar-refractivity contribution is 5.87. The van der Waals surface area contributed by atoms with E-state index in [0.29, 0.717) is 34.3 Å². The molecular weight excluding hydrogens is 456 g/mol. The van der Waals surface area contributed by atoms with Crippen molar-refractivity contribution in [3.05, 3.63) is 36.3 Å². The Morgan fingerprint density at radius 2 is 1.91 bits per heavy atom. The number of nitrogens with one attached hydrogen (secondary N) is 2. The van der Waals surface area contributed by atoms with Gasteiger partial charge in [-0.2, -0.15) is 10.1 Å². The number of anilines is 2. The number of hydrogen-bond donors (Lipinski definition) is 3. The normalized spacial score (nSPS) is 13.0. The molecule has 0 radical (unpaired) electrons. The standard InChI is InChI=1S/C15H14F2N8.C6H11NO.C2H6/c1-19-13-12-9(2-4-24(12)23-15(18)22-13)10-3-5-25-14(21-10)8(7-20-25)6-11(16)17;1-5(8)7-6-3-2-4-6;1-2/h2-5,7,11H,6H2,1H3,(H3,18,19,22,23);6H,2-4H2,1H3,(H,7,8);1-2H3. The lowest BCUT2D eigenvalue weighted by Gasteiger charge is -2.25. The average Bonchev–Trinajstić information content (AvgIpc) is 3.41. The highest BCUT2D eigenvalue weighted by Gasteiger charge is 2.17. The van der Waals surface area contributed by atoms with E-state index in [9.17, 15) is 13.6 Å². The molecule has 4 N–H and O–H groups in total. The summed E-state index contributed by atoms with van der Waals surface area (Å²) in [6.45, 7) is 5.57. The van der Waals surface area contributed by atoms with Gasteiger partial charge in [0.2, 0.25) is 18.3 Å². The number of nitrogens with zero attached hydrogens (tertiary/aromatic N) is 6. The fraction of sp³-hybridized carbons (Fsp3) is 0.435. The number of alkyl halides is 2. The van der Waals surface area contributed by atoms with Gasteiger partial charge in [0, 0.05) is 50.0 Å². The van der Waals surface area contributed by atoms with Gasteiger partial charge in [-0.05, 0) is 31.4 Å². The number of carbonyl (C=O) groups is 1. The average molecular weight is 488 g/mol. The molecule has 1 saturated carbocycles. The van der Waals surface area contributed by atoms with E-state index in [1.54, 1.807) is 36.9 Å². The van der Waals surface area contributed by atoms with Gasteiger partial charge in [0.25, 0.3) is 0 Å². The molecule has 1 amide bonds. The summed E-state index contributed by atoms with van der Waals surface area (Å²) in [7, 11) is 1.73. The molecule has 0 unspecified atom stereocenters. The van der Waals surface area contributed by atoms with Crippen LogP contribution in [-0.2, 0) is 11.2 Å². The molecule has 12 heteroatoms. The van der Waals surface area contributed by atoms with Gasteiger partial charge in [0.05, 0.1) is 11.9 Å². The number of aromatic nitrogens is 6. The summed E-state index contributed by atoms with van der Waals surface area (Å²) in [6, 6.07) is 4.09. The van der Waals surface area contributed by atoms with Crippen LogP contribution in [0.15, 0.2) is 30.7 Å². The highest BCUT2D eigenvalue weighted by atomic mass is 19.3. The zero-order valence-electron chi connectivity index (χ0n) is 20.3. The minimum atomic E-state index is -2.46. The molecule has 5 rings (SSSR count). The number of carbonyl (C=O) groups excluding carboxylic acids is 1. The van der Waals surface area contributed by atoms with Crippen molar-refractivity contribution in [2.75, 3.05) is 18.1 Å². The van der Waals surface area contributed by atoms with Crippen LogP contribution in [0.25, 0.3) is 22.4 Å². The number of hydrogen-bond acceptors (Lipinski definition) is 7. The van der Waals surface area contributed by atoms with Gasteiger partial charge in [-0.15, -0.1) is 5.10 Å². The Hall–Kier alpha value is -3.83. The third kappa shape index (κ3) is 6.00.